The smallest absolute Gasteiger partial charge is 0.336 e. The van der Waals surface area contributed by atoms with E-state index in [1.165, 1.54) is 7.11 Å². The van der Waals surface area contributed by atoms with Gasteiger partial charge in [0.25, 0.3) is 0 Å². The van der Waals surface area contributed by atoms with Crippen molar-refractivity contribution in [3.05, 3.63) is 0 Å². The molecule has 0 heterocycles. The fourth-order valence-electron chi connectivity index (χ4n) is 0.707. The van der Waals surface area contributed by atoms with Crippen LogP contribution in [0.5, 0.6) is 0 Å². The molecule has 0 saturated heterocycles. The second kappa shape index (κ2) is 6.28. The molecule has 0 radical (unpaired) electrons. The van der Waals surface area contributed by atoms with Crippen molar-refractivity contribution in [2.45, 2.75) is 18.6 Å². The molecular formula is C7H15NO3S. The van der Waals surface area contributed by atoms with Gasteiger partial charge < -0.3 is 15.6 Å². The van der Waals surface area contributed by atoms with Crippen molar-refractivity contribution in [3.63, 3.8) is 0 Å². The number of rotatable bonds is 5. The first-order chi connectivity index (χ1) is 5.63. The number of methoxy groups -OCH3 is 1. The lowest BCUT2D eigenvalue weighted by Crippen LogP contribution is -2.41. The Bertz CT molecular complexity index is 143. The van der Waals surface area contributed by atoms with Gasteiger partial charge in [0.15, 0.2) is 6.10 Å². The van der Waals surface area contributed by atoms with E-state index in [1.807, 2.05) is 6.26 Å². The number of carbonyl (C=O) groups is 1. The molecule has 0 aliphatic rings. The van der Waals surface area contributed by atoms with Gasteiger partial charge in [-0.05, 0) is 18.4 Å². The van der Waals surface area contributed by atoms with Crippen LogP contribution in [-0.2, 0) is 9.53 Å². The molecule has 12 heavy (non-hydrogen) atoms. The summed E-state index contributed by atoms with van der Waals surface area (Å²) in [5.41, 5.74) is 5.52. The van der Waals surface area contributed by atoms with Crippen LogP contribution < -0.4 is 5.73 Å². The van der Waals surface area contributed by atoms with Crippen LogP contribution >= 0.6 is 11.8 Å². The van der Waals surface area contributed by atoms with Gasteiger partial charge in [-0.15, -0.1) is 0 Å². The first kappa shape index (κ1) is 11.7. The van der Waals surface area contributed by atoms with Crippen molar-refractivity contribution < 1.29 is 14.6 Å². The third-order valence-corrected chi connectivity index (χ3v) is 2.15. The minimum Gasteiger partial charge on any atom is -0.467 e. The number of aliphatic hydroxyl groups is 1. The van der Waals surface area contributed by atoms with Gasteiger partial charge in [-0.2, -0.15) is 11.8 Å². The molecule has 0 fully saturated rings. The lowest BCUT2D eigenvalue weighted by molar-refractivity contribution is -0.151. The molecular weight excluding hydrogens is 178 g/mol. The van der Waals surface area contributed by atoms with Gasteiger partial charge in [0.2, 0.25) is 0 Å². The van der Waals surface area contributed by atoms with Crippen LogP contribution in [0.1, 0.15) is 6.42 Å². The Labute approximate surface area is 76.5 Å². The second-order valence-corrected chi connectivity index (χ2v) is 3.40. The zero-order chi connectivity index (χ0) is 9.56. The quantitative estimate of drug-likeness (QED) is 0.581. The number of carbonyl (C=O) groups excluding carboxylic acids is 1. The van der Waals surface area contributed by atoms with Crippen molar-refractivity contribution in [2.24, 2.45) is 5.73 Å². The predicted octanol–water partition coefficient (Wildman–Crippen LogP) is -0.399. The average molecular weight is 193 g/mol. The molecule has 1 unspecified atom stereocenters. The van der Waals surface area contributed by atoms with Crippen LogP contribution in [0, 0.1) is 0 Å². The van der Waals surface area contributed by atoms with E-state index in [0.717, 1.165) is 5.75 Å². The van der Waals surface area contributed by atoms with Gasteiger partial charge in [-0.1, -0.05) is 0 Å². The van der Waals surface area contributed by atoms with E-state index in [-0.39, 0.29) is 0 Å². The highest BCUT2D eigenvalue weighted by molar-refractivity contribution is 7.98. The van der Waals surface area contributed by atoms with Crippen LogP contribution in [0.25, 0.3) is 0 Å². The zero-order valence-corrected chi connectivity index (χ0v) is 8.13. The fourth-order valence-corrected chi connectivity index (χ4v) is 1.22. The molecule has 0 saturated carbocycles. The maximum absolute atomic E-state index is 10.8. The molecule has 0 aromatic heterocycles. The van der Waals surface area contributed by atoms with E-state index in [2.05, 4.69) is 4.74 Å². The number of hydrogen-bond donors (Lipinski definition) is 2. The summed E-state index contributed by atoms with van der Waals surface area (Å²) in [6, 6.07) is -0.523. The molecule has 0 aromatic rings. The lowest BCUT2D eigenvalue weighted by atomic mass is 10.1. The van der Waals surface area contributed by atoms with Gasteiger partial charge in [-0.3, -0.25) is 0 Å². The number of hydrogen-bond acceptors (Lipinski definition) is 5. The third kappa shape index (κ3) is 3.94. The van der Waals surface area contributed by atoms with E-state index >= 15 is 0 Å². The van der Waals surface area contributed by atoms with E-state index in [9.17, 15) is 9.90 Å². The molecule has 0 bridgehead atoms. The van der Waals surface area contributed by atoms with E-state index < -0.39 is 18.1 Å². The Morgan fingerprint density at radius 1 is 1.75 bits per heavy atom. The van der Waals surface area contributed by atoms with E-state index in [0.29, 0.717) is 6.42 Å². The molecule has 0 aliphatic carbocycles. The van der Waals surface area contributed by atoms with Gasteiger partial charge in [-0.25, -0.2) is 4.79 Å². The fraction of sp³-hybridized carbons (Fsp3) is 0.857. The summed E-state index contributed by atoms with van der Waals surface area (Å²) in [7, 11) is 1.23. The van der Waals surface area contributed by atoms with Crippen LogP contribution in [0.3, 0.4) is 0 Å². The van der Waals surface area contributed by atoms with Crippen LogP contribution in [-0.4, -0.2) is 42.3 Å². The van der Waals surface area contributed by atoms with Crippen molar-refractivity contribution in [1.82, 2.24) is 0 Å². The molecule has 0 amide bonds. The summed E-state index contributed by atoms with van der Waals surface area (Å²) >= 11 is 1.62. The van der Waals surface area contributed by atoms with Crippen molar-refractivity contribution in [1.29, 1.82) is 0 Å². The maximum atomic E-state index is 10.8. The molecule has 4 nitrogen and oxygen atoms in total. The highest BCUT2D eigenvalue weighted by Crippen LogP contribution is 2.03. The average Bonchev–Trinajstić information content (AvgIpc) is 2.11. The van der Waals surface area contributed by atoms with Crippen LogP contribution in [0.15, 0.2) is 0 Å². The Kier molecular flexibility index (Phi) is 6.14. The number of aliphatic hydroxyl groups excluding tert-OH is 1. The lowest BCUT2D eigenvalue weighted by Gasteiger charge is -2.15. The van der Waals surface area contributed by atoms with Gasteiger partial charge in [0.05, 0.1) is 7.11 Å². The highest BCUT2D eigenvalue weighted by atomic mass is 32.2. The van der Waals surface area contributed by atoms with Crippen LogP contribution in [0.4, 0.5) is 0 Å². The van der Waals surface area contributed by atoms with E-state index in [1.54, 1.807) is 11.8 Å². The standard InChI is InChI=1S/C7H15NO3S/c1-11-7(10)6(9)5(8)3-4-12-2/h5-6,9H,3-4,8H2,1-2H3/t5-,6?/m1/s1. The van der Waals surface area contributed by atoms with E-state index in [4.69, 9.17) is 5.73 Å². The largest absolute Gasteiger partial charge is 0.467 e. The normalized spacial score (nSPS) is 15.3. The minimum absolute atomic E-state index is 0.523. The van der Waals surface area contributed by atoms with Crippen molar-refractivity contribution >= 4 is 17.7 Å². The summed E-state index contributed by atoms with van der Waals surface area (Å²) in [4.78, 5) is 10.8. The Morgan fingerprint density at radius 3 is 2.75 bits per heavy atom. The monoisotopic (exact) mass is 193 g/mol. The van der Waals surface area contributed by atoms with Gasteiger partial charge >= 0.3 is 5.97 Å². The SMILES string of the molecule is COC(=O)C(O)[C@H](N)CCSC. The molecule has 5 heteroatoms. The maximum Gasteiger partial charge on any atom is 0.336 e. The molecule has 0 spiro atoms. The van der Waals surface area contributed by atoms with Gasteiger partial charge in [0, 0.05) is 6.04 Å². The third-order valence-electron chi connectivity index (χ3n) is 1.50. The van der Waals surface area contributed by atoms with Crippen LogP contribution in [0.2, 0.25) is 0 Å². The number of esters is 1. The first-order valence-electron chi connectivity index (χ1n) is 3.64. The molecule has 72 valence electrons. The molecule has 0 aliphatic heterocycles. The molecule has 0 rings (SSSR count). The number of ether oxygens (including phenoxy) is 1. The summed E-state index contributed by atoms with van der Waals surface area (Å²) in [6.07, 6.45) is 1.36. The Hall–Kier alpha value is -0.260. The highest BCUT2D eigenvalue weighted by Gasteiger charge is 2.22. The Balaban J connectivity index is 3.75. The zero-order valence-electron chi connectivity index (χ0n) is 7.32. The second-order valence-electron chi connectivity index (χ2n) is 2.41. The van der Waals surface area contributed by atoms with Crippen molar-refractivity contribution in [3.8, 4) is 0 Å². The Morgan fingerprint density at radius 2 is 2.33 bits per heavy atom. The molecule has 3 N–H and O–H groups in total. The summed E-state index contributed by atoms with van der Waals surface area (Å²) in [5, 5.41) is 9.20. The van der Waals surface area contributed by atoms with Crippen molar-refractivity contribution in [2.75, 3.05) is 19.1 Å². The summed E-state index contributed by atoms with van der Waals surface area (Å²) in [5.74, 6) is 0.165. The molecule has 2 atom stereocenters. The summed E-state index contributed by atoms with van der Waals surface area (Å²) in [6.45, 7) is 0. The van der Waals surface area contributed by atoms with Gasteiger partial charge in [0.1, 0.15) is 0 Å². The predicted molar refractivity (Wildman–Crippen MR) is 49.0 cm³/mol. The topological polar surface area (TPSA) is 72.5 Å². The minimum atomic E-state index is -1.19. The first-order valence-corrected chi connectivity index (χ1v) is 5.03. The number of nitrogens with two attached hydrogens (primary N) is 1. The summed E-state index contributed by atoms with van der Waals surface area (Å²) < 4.78 is 4.34. The molecule has 0 aromatic carbocycles. The number of thioether (sulfide) groups is 1.